The second-order valence-corrected chi connectivity index (χ2v) is 8.84. The first-order valence-electron chi connectivity index (χ1n) is 10.0. The zero-order valence-corrected chi connectivity index (χ0v) is 19.3. The van der Waals surface area contributed by atoms with Crippen molar-refractivity contribution in [2.24, 2.45) is 5.41 Å². The number of aliphatic hydroxyl groups excluding tert-OH is 2. The predicted octanol–water partition coefficient (Wildman–Crippen LogP) is 4.26. The highest BCUT2D eigenvalue weighted by molar-refractivity contribution is 7.85. The van der Waals surface area contributed by atoms with Crippen LogP contribution in [0.15, 0.2) is 65.6 Å². The quantitative estimate of drug-likeness (QED) is 0.459. The minimum atomic E-state index is -4.00. The van der Waals surface area contributed by atoms with Gasteiger partial charge in [0.15, 0.2) is 0 Å². The molecule has 0 aliphatic heterocycles. The van der Waals surface area contributed by atoms with Crippen LogP contribution in [0.1, 0.15) is 57.3 Å². The van der Waals surface area contributed by atoms with Gasteiger partial charge >= 0.3 is 5.97 Å². The Kier molecular flexibility index (Phi) is 12.9. The third-order valence-electron chi connectivity index (χ3n) is 5.04. The van der Waals surface area contributed by atoms with Gasteiger partial charge in [-0.3, -0.25) is 4.55 Å². The highest BCUT2D eigenvalue weighted by Gasteiger charge is 2.34. The van der Waals surface area contributed by atoms with E-state index < -0.39 is 28.3 Å². The Morgan fingerprint density at radius 3 is 1.61 bits per heavy atom. The van der Waals surface area contributed by atoms with Crippen molar-refractivity contribution >= 4 is 16.1 Å². The molecule has 2 rings (SSSR count). The molecule has 31 heavy (non-hydrogen) atoms. The Labute approximate surface area is 185 Å². The van der Waals surface area contributed by atoms with E-state index in [1.54, 1.807) is 62.4 Å². The zero-order valence-electron chi connectivity index (χ0n) is 18.5. The molecule has 4 N–H and O–H groups in total. The molecule has 174 valence electrons. The Morgan fingerprint density at radius 1 is 0.935 bits per heavy atom. The van der Waals surface area contributed by atoms with Crippen LogP contribution in [-0.4, -0.2) is 46.5 Å². The van der Waals surface area contributed by atoms with Crippen LogP contribution in [-0.2, 0) is 10.1 Å². The van der Waals surface area contributed by atoms with E-state index in [2.05, 4.69) is 6.92 Å². The van der Waals surface area contributed by atoms with Crippen LogP contribution in [0.5, 0.6) is 0 Å². The number of carboxylic acids is 1. The lowest BCUT2D eigenvalue weighted by atomic mass is 9.76. The summed E-state index contributed by atoms with van der Waals surface area (Å²) in [7, 11) is -4.00. The fourth-order valence-corrected chi connectivity index (χ4v) is 3.00. The first-order chi connectivity index (χ1) is 14.4. The average molecular weight is 455 g/mol. The lowest BCUT2D eigenvalue weighted by Gasteiger charge is -2.35. The first-order valence-corrected chi connectivity index (χ1v) is 11.5. The summed E-state index contributed by atoms with van der Waals surface area (Å²) >= 11 is 0. The van der Waals surface area contributed by atoms with Crippen LogP contribution >= 0.6 is 0 Å². The van der Waals surface area contributed by atoms with E-state index in [0.717, 1.165) is 19.3 Å². The normalized spacial score (nSPS) is 14.5. The van der Waals surface area contributed by atoms with Crippen LogP contribution in [0.25, 0.3) is 0 Å². The highest BCUT2D eigenvalue weighted by Crippen LogP contribution is 2.32. The van der Waals surface area contributed by atoms with Gasteiger partial charge in [-0.15, -0.1) is 0 Å². The summed E-state index contributed by atoms with van der Waals surface area (Å²) in [6.07, 6.45) is 2.17. The molecule has 7 nitrogen and oxygen atoms in total. The van der Waals surface area contributed by atoms with Crippen LogP contribution in [0, 0.1) is 5.41 Å². The molecule has 0 fully saturated rings. The number of carboxylic acid groups (broad SMARTS) is 1. The molecular weight excluding hydrogens is 420 g/mol. The minimum Gasteiger partial charge on any atom is -0.478 e. The largest absolute Gasteiger partial charge is 0.478 e. The molecule has 2 aromatic carbocycles. The van der Waals surface area contributed by atoms with Gasteiger partial charge in [-0.05, 0) is 44.5 Å². The van der Waals surface area contributed by atoms with Crippen molar-refractivity contribution in [3.05, 3.63) is 66.2 Å². The smallest absolute Gasteiger partial charge is 0.335 e. The lowest BCUT2D eigenvalue weighted by molar-refractivity contribution is -0.0481. The number of aliphatic hydroxyl groups is 2. The Morgan fingerprint density at radius 2 is 1.35 bits per heavy atom. The maximum Gasteiger partial charge on any atom is 0.335 e. The highest BCUT2D eigenvalue weighted by atomic mass is 32.2. The second kappa shape index (κ2) is 13.9. The molecule has 0 saturated carbocycles. The van der Waals surface area contributed by atoms with Gasteiger partial charge in [0, 0.05) is 5.41 Å². The first kappa shape index (κ1) is 28.7. The van der Waals surface area contributed by atoms with Gasteiger partial charge in [0.1, 0.15) is 0 Å². The summed E-state index contributed by atoms with van der Waals surface area (Å²) in [5.41, 5.74) is -0.00627. The summed E-state index contributed by atoms with van der Waals surface area (Å²) < 4.78 is 29.2. The molecule has 0 amide bonds. The Balaban J connectivity index is 0.000000439. The third kappa shape index (κ3) is 11.1. The number of benzene rings is 2. The van der Waals surface area contributed by atoms with Crippen molar-refractivity contribution in [3.8, 4) is 0 Å². The zero-order chi connectivity index (χ0) is 24.1. The van der Waals surface area contributed by atoms with Gasteiger partial charge in [-0.1, -0.05) is 63.1 Å². The van der Waals surface area contributed by atoms with Gasteiger partial charge in [0.2, 0.25) is 0 Å². The summed E-state index contributed by atoms with van der Waals surface area (Å²) in [5, 5.41) is 27.4. The number of rotatable bonds is 7. The molecule has 2 atom stereocenters. The van der Waals surface area contributed by atoms with Crippen LogP contribution < -0.4 is 0 Å². The number of unbranched alkanes of at least 4 members (excludes halogenated alkanes) is 1. The molecule has 0 radical (unpaired) electrons. The van der Waals surface area contributed by atoms with E-state index in [4.69, 9.17) is 9.66 Å². The monoisotopic (exact) mass is 454 g/mol. The summed E-state index contributed by atoms with van der Waals surface area (Å²) in [6, 6.07) is 15.7. The van der Waals surface area contributed by atoms with E-state index in [0.29, 0.717) is 5.56 Å². The van der Waals surface area contributed by atoms with E-state index in [-0.39, 0.29) is 10.3 Å². The molecule has 0 spiro atoms. The summed E-state index contributed by atoms with van der Waals surface area (Å²) in [6.45, 7) is 7.56. The van der Waals surface area contributed by atoms with Crippen molar-refractivity contribution in [3.63, 3.8) is 0 Å². The Hall–Kier alpha value is -2.26. The molecule has 0 heterocycles. The van der Waals surface area contributed by atoms with Crippen molar-refractivity contribution < 1.29 is 33.1 Å². The standard InChI is InChI=1S/C10H22O2.C7H6O2.C6H6O3S/c1-5-6-7-10(4,8(2)11)9(3)12;8-7(9)6-4-2-1-3-5-6;7-10(8,9)6-4-2-1-3-5-6/h8-9,11-12H,5-7H2,1-4H3;1-5H,(H,8,9);1-5H,(H,7,8,9). The number of hydrogen-bond donors (Lipinski definition) is 4. The van der Waals surface area contributed by atoms with Crippen molar-refractivity contribution in [2.45, 2.75) is 64.1 Å². The molecule has 0 aromatic heterocycles. The average Bonchev–Trinajstić information content (AvgIpc) is 2.73. The topological polar surface area (TPSA) is 132 Å². The summed E-state index contributed by atoms with van der Waals surface area (Å²) in [4.78, 5) is 10.1. The molecule has 2 unspecified atom stereocenters. The van der Waals surface area contributed by atoms with Crippen LogP contribution in [0.2, 0.25) is 0 Å². The van der Waals surface area contributed by atoms with Gasteiger partial charge < -0.3 is 15.3 Å². The van der Waals surface area contributed by atoms with Crippen molar-refractivity contribution in [2.75, 3.05) is 0 Å². The fraction of sp³-hybridized carbons (Fsp3) is 0.435. The SMILES string of the molecule is CCCCC(C)(C(C)O)C(C)O.O=C(O)c1ccccc1.O=S(=O)(O)c1ccccc1. The lowest BCUT2D eigenvalue weighted by Crippen LogP contribution is -2.39. The van der Waals surface area contributed by atoms with Crippen LogP contribution in [0.4, 0.5) is 0 Å². The number of carbonyl (C=O) groups is 1. The van der Waals surface area contributed by atoms with E-state index in [1.807, 2.05) is 6.92 Å². The van der Waals surface area contributed by atoms with E-state index >= 15 is 0 Å². The maximum atomic E-state index is 10.4. The fourth-order valence-electron chi connectivity index (χ4n) is 2.50. The number of hydrogen-bond acceptors (Lipinski definition) is 5. The van der Waals surface area contributed by atoms with Gasteiger partial charge in [0.05, 0.1) is 22.7 Å². The second-order valence-electron chi connectivity index (χ2n) is 7.42. The summed E-state index contributed by atoms with van der Waals surface area (Å²) in [5.74, 6) is -0.879. The Bertz CT molecular complexity index is 840. The molecule has 0 aliphatic rings. The van der Waals surface area contributed by atoms with E-state index in [1.165, 1.54) is 12.1 Å². The van der Waals surface area contributed by atoms with Gasteiger partial charge in [-0.25, -0.2) is 4.79 Å². The van der Waals surface area contributed by atoms with Crippen LogP contribution in [0.3, 0.4) is 0 Å². The van der Waals surface area contributed by atoms with E-state index in [9.17, 15) is 23.4 Å². The molecule has 2 aromatic rings. The van der Waals surface area contributed by atoms with Crippen molar-refractivity contribution in [1.29, 1.82) is 0 Å². The van der Waals surface area contributed by atoms with Crippen molar-refractivity contribution in [1.82, 2.24) is 0 Å². The minimum absolute atomic E-state index is 0.0741. The molecule has 8 heteroatoms. The number of aromatic carboxylic acids is 1. The molecule has 0 saturated heterocycles. The molecule has 0 aliphatic carbocycles. The predicted molar refractivity (Wildman–Crippen MR) is 121 cm³/mol. The van der Waals surface area contributed by atoms with Gasteiger partial charge in [-0.2, -0.15) is 8.42 Å². The van der Waals surface area contributed by atoms with Gasteiger partial charge in [0.25, 0.3) is 10.1 Å². The third-order valence-corrected chi connectivity index (χ3v) is 5.91. The molecular formula is C23H34O7S. The molecule has 0 bridgehead atoms. The maximum absolute atomic E-state index is 10.4.